The second-order valence-corrected chi connectivity index (χ2v) is 8.37. The van der Waals surface area contributed by atoms with E-state index in [4.69, 9.17) is 4.74 Å². The normalized spacial score (nSPS) is 16.2. The van der Waals surface area contributed by atoms with E-state index in [-0.39, 0.29) is 17.5 Å². The number of rotatable bonds is 4. The fraction of sp³-hybridized carbons (Fsp3) is 0.444. The van der Waals surface area contributed by atoms with Crippen molar-refractivity contribution >= 4 is 15.9 Å². The second-order valence-electron chi connectivity index (χ2n) is 6.49. The largest absolute Gasteiger partial charge is 0.496 e. The van der Waals surface area contributed by atoms with E-state index in [1.54, 1.807) is 47.7 Å². The summed E-state index contributed by atoms with van der Waals surface area (Å²) in [7, 11) is -0.388. The van der Waals surface area contributed by atoms with Gasteiger partial charge in [-0.25, -0.2) is 13.4 Å². The SMILES string of the molecule is COc1ccccc1C(=O)N1CCCN(S(=O)(=O)c2cn(C)c(C)n2)CC1. The lowest BCUT2D eigenvalue weighted by atomic mass is 10.1. The van der Waals surface area contributed by atoms with E-state index >= 15 is 0 Å². The van der Waals surface area contributed by atoms with Crippen molar-refractivity contribution in [3.05, 3.63) is 41.9 Å². The molecule has 0 saturated carbocycles. The Labute approximate surface area is 159 Å². The number of carbonyl (C=O) groups is 1. The van der Waals surface area contributed by atoms with Gasteiger partial charge in [0.25, 0.3) is 15.9 Å². The first-order valence-electron chi connectivity index (χ1n) is 8.77. The van der Waals surface area contributed by atoms with Crippen LogP contribution in [0, 0.1) is 6.92 Å². The van der Waals surface area contributed by atoms with Crippen molar-refractivity contribution in [2.75, 3.05) is 33.3 Å². The van der Waals surface area contributed by atoms with Crippen LogP contribution in [0.25, 0.3) is 0 Å². The molecule has 1 aliphatic heterocycles. The molecule has 1 fully saturated rings. The Balaban J connectivity index is 1.76. The van der Waals surface area contributed by atoms with E-state index < -0.39 is 10.0 Å². The number of para-hydroxylation sites is 1. The summed E-state index contributed by atoms with van der Waals surface area (Å²) in [5.41, 5.74) is 0.483. The van der Waals surface area contributed by atoms with E-state index in [0.717, 1.165) is 0 Å². The Morgan fingerprint density at radius 2 is 1.89 bits per heavy atom. The van der Waals surface area contributed by atoms with Crippen LogP contribution in [0.4, 0.5) is 0 Å². The van der Waals surface area contributed by atoms with Crippen LogP contribution in [0.5, 0.6) is 5.75 Å². The summed E-state index contributed by atoms with van der Waals surface area (Å²) < 4.78 is 34.1. The van der Waals surface area contributed by atoms with Gasteiger partial charge >= 0.3 is 0 Å². The lowest BCUT2D eigenvalue weighted by Crippen LogP contribution is -2.37. The minimum atomic E-state index is -3.67. The molecule has 0 N–H and O–H groups in total. The molecule has 1 aromatic carbocycles. The van der Waals surface area contributed by atoms with Gasteiger partial charge in [-0.05, 0) is 25.5 Å². The van der Waals surface area contributed by atoms with Crippen LogP contribution in [0.1, 0.15) is 22.6 Å². The van der Waals surface area contributed by atoms with Gasteiger partial charge in [-0.15, -0.1) is 0 Å². The van der Waals surface area contributed by atoms with Crippen LogP contribution in [-0.2, 0) is 17.1 Å². The molecule has 1 amide bonds. The number of sulfonamides is 1. The number of imidazole rings is 1. The first-order valence-corrected chi connectivity index (χ1v) is 10.2. The number of hydrogen-bond acceptors (Lipinski definition) is 5. The predicted molar refractivity (Wildman–Crippen MR) is 100 cm³/mol. The molecule has 3 rings (SSSR count). The molecule has 0 radical (unpaired) electrons. The highest BCUT2D eigenvalue weighted by Crippen LogP contribution is 2.22. The molecule has 0 unspecified atom stereocenters. The van der Waals surface area contributed by atoms with E-state index in [0.29, 0.717) is 43.2 Å². The summed E-state index contributed by atoms with van der Waals surface area (Å²) in [5, 5.41) is 0.0482. The van der Waals surface area contributed by atoms with Gasteiger partial charge in [0, 0.05) is 39.4 Å². The quantitative estimate of drug-likeness (QED) is 0.782. The molecule has 0 bridgehead atoms. The fourth-order valence-electron chi connectivity index (χ4n) is 3.11. The van der Waals surface area contributed by atoms with Gasteiger partial charge in [-0.2, -0.15) is 4.31 Å². The number of aryl methyl sites for hydroxylation is 2. The molecular weight excluding hydrogens is 368 g/mol. The third-order valence-corrected chi connectivity index (χ3v) is 6.54. The Morgan fingerprint density at radius 3 is 2.56 bits per heavy atom. The highest BCUT2D eigenvalue weighted by molar-refractivity contribution is 7.89. The van der Waals surface area contributed by atoms with Gasteiger partial charge in [-0.1, -0.05) is 12.1 Å². The first-order chi connectivity index (χ1) is 12.8. The number of carbonyl (C=O) groups excluding carboxylic acids is 1. The van der Waals surface area contributed by atoms with Crippen LogP contribution < -0.4 is 4.74 Å². The van der Waals surface area contributed by atoms with Gasteiger partial charge in [0.15, 0.2) is 5.03 Å². The molecule has 2 aromatic rings. The molecule has 0 aliphatic carbocycles. The maximum Gasteiger partial charge on any atom is 0.262 e. The standard InChI is InChI=1S/C18H24N4O4S/c1-14-19-17(13-20(14)2)27(24,25)22-10-6-9-21(11-12-22)18(23)15-7-4-5-8-16(15)26-3/h4-5,7-8,13H,6,9-12H2,1-3H3. The number of benzene rings is 1. The van der Waals surface area contributed by atoms with Gasteiger partial charge in [0.1, 0.15) is 11.6 Å². The van der Waals surface area contributed by atoms with Crippen LogP contribution in [0.15, 0.2) is 35.5 Å². The van der Waals surface area contributed by atoms with Gasteiger partial charge in [0.2, 0.25) is 0 Å². The summed E-state index contributed by atoms with van der Waals surface area (Å²) in [4.78, 5) is 18.7. The monoisotopic (exact) mass is 392 g/mol. The van der Waals surface area contributed by atoms with Crippen LogP contribution in [-0.4, -0.2) is 66.4 Å². The maximum absolute atomic E-state index is 12.9. The Bertz CT molecular complexity index is 919. The highest BCUT2D eigenvalue weighted by Gasteiger charge is 2.31. The maximum atomic E-state index is 12.9. The van der Waals surface area contributed by atoms with Crippen LogP contribution in [0.3, 0.4) is 0 Å². The zero-order valence-electron chi connectivity index (χ0n) is 15.8. The van der Waals surface area contributed by atoms with Crippen molar-refractivity contribution in [2.24, 2.45) is 7.05 Å². The minimum Gasteiger partial charge on any atom is -0.496 e. The zero-order valence-corrected chi connectivity index (χ0v) is 16.6. The molecular formula is C18H24N4O4S. The summed E-state index contributed by atoms with van der Waals surface area (Å²) in [6.45, 7) is 3.16. The molecule has 9 heteroatoms. The van der Waals surface area contributed by atoms with Crippen LogP contribution in [0.2, 0.25) is 0 Å². The number of hydrogen-bond donors (Lipinski definition) is 0. The number of amides is 1. The van der Waals surface area contributed by atoms with Crippen molar-refractivity contribution in [3.63, 3.8) is 0 Å². The molecule has 1 aliphatic rings. The van der Waals surface area contributed by atoms with E-state index in [9.17, 15) is 13.2 Å². The molecule has 27 heavy (non-hydrogen) atoms. The van der Waals surface area contributed by atoms with E-state index in [1.165, 1.54) is 17.6 Å². The molecule has 0 atom stereocenters. The minimum absolute atomic E-state index is 0.0482. The van der Waals surface area contributed by atoms with Gasteiger partial charge in [0.05, 0.1) is 12.7 Å². The molecule has 1 aromatic heterocycles. The Kier molecular flexibility index (Phi) is 5.52. The van der Waals surface area contributed by atoms with Crippen LogP contribution >= 0.6 is 0 Å². The predicted octanol–water partition coefficient (Wildman–Crippen LogP) is 1.27. The van der Waals surface area contributed by atoms with Crippen molar-refractivity contribution in [1.82, 2.24) is 18.8 Å². The lowest BCUT2D eigenvalue weighted by molar-refractivity contribution is 0.0761. The molecule has 0 spiro atoms. The number of nitrogens with zero attached hydrogens (tertiary/aromatic N) is 4. The summed E-state index contributed by atoms with van der Waals surface area (Å²) in [5.74, 6) is 0.997. The number of methoxy groups -OCH3 is 1. The summed E-state index contributed by atoms with van der Waals surface area (Å²) >= 11 is 0. The third kappa shape index (κ3) is 3.84. The van der Waals surface area contributed by atoms with E-state index in [2.05, 4.69) is 4.98 Å². The van der Waals surface area contributed by atoms with Crippen molar-refractivity contribution in [3.8, 4) is 5.75 Å². The number of aromatic nitrogens is 2. The van der Waals surface area contributed by atoms with Crippen molar-refractivity contribution in [1.29, 1.82) is 0 Å². The zero-order chi connectivity index (χ0) is 19.6. The Morgan fingerprint density at radius 1 is 1.15 bits per heavy atom. The summed E-state index contributed by atoms with van der Waals surface area (Å²) in [6.07, 6.45) is 2.08. The lowest BCUT2D eigenvalue weighted by Gasteiger charge is -2.22. The van der Waals surface area contributed by atoms with Gasteiger partial charge in [-0.3, -0.25) is 4.79 Å². The topological polar surface area (TPSA) is 84.7 Å². The Hall–Kier alpha value is -2.39. The first kappa shape index (κ1) is 19.4. The number of ether oxygens (including phenoxy) is 1. The average Bonchev–Trinajstić information content (AvgIpc) is 2.87. The second kappa shape index (κ2) is 7.69. The molecule has 2 heterocycles. The van der Waals surface area contributed by atoms with Gasteiger partial charge < -0.3 is 14.2 Å². The fourth-order valence-corrected chi connectivity index (χ4v) is 4.61. The van der Waals surface area contributed by atoms with E-state index in [1.807, 2.05) is 0 Å². The molecule has 8 nitrogen and oxygen atoms in total. The highest BCUT2D eigenvalue weighted by atomic mass is 32.2. The van der Waals surface area contributed by atoms with Crippen molar-refractivity contribution in [2.45, 2.75) is 18.4 Å². The summed E-state index contributed by atoms with van der Waals surface area (Å²) in [6, 6.07) is 7.05. The smallest absolute Gasteiger partial charge is 0.262 e. The average molecular weight is 392 g/mol. The molecule has 1 saturated heterocycles. The molecule has 146 valence electrons. The van der Waals surface area contributed by atoms with Crippen molar-refractivity contribution < 1.29 is 17.9 Å². The third-order valence-electron chi connectivity index (χ3n) is 4.77.